The Balaban J connectivity index is 3.01. The van der Waals surface area contributed by atoms with Gasteiger partial charge in [0.1, 0.15) is 18.2 Å². The molecule has 62 valence electrons. The highest BCUT2D eigenvalue weighted by Crippen LogP contribution is 2.16. The van der Waals surface area contributed by atoms with Gasteiger partial charge in [0.2, 0.25) is 0 Å². The van der Waals surface area contributed by atoms with Gasteiger partial charge in [-0.05, 0) is 12.1 Å². The van der Waals surface area contributed by atoms with Gasteiger partial charge >= 0.3 is 0 Å². The molecule has 0 aliphatic carbocycles. The molecule has 0 aromatic heterocycles. The minimum absolute atomic E-state index is 0.212. The van der Waals surface area contributed by atoms with Crippen molar-refractivity contribution in [2.45, 2.75) is 0 Å². The van der Waals surface area contributed by atoms with E-state index in [-0.39, 0.29) is 12.4 Å². The quantitative estimate of drug-likeness (QED) is 0.561. The number of hydrogen-bond donors (Lipinski definition) is 2. The lowest BCUT2D eigenvalue weighted by atomic mass is 10.2. The molecule has 1 aromatic rings. The fourth-order valence-electron chi connectivity index (χ4n) is 0.745. The largest absolute Gasteiger partial charge is 0.507 e. The predicted octanol–water partition coefficient (Wildman–Crippen LogP) is 0.875. The molecule has 0 radical (unpaired) electrons. The van der Waals surface area contributed by atoms with Gasteiger partial charge in [0, 0.05) is 6.07 Å². The van der Waals surface area contributed by atoms with Crippen LogP contribution in [0.1, 0.15) is 5.56 Å². The number of phenolic OH excluding ortho intramolecular Hbond substituents is 1. The topological polar surface area (TPSA) is 40.5 Å². The van der Waals surface area contributed by atoms with Crippen molar-refractivity contribution in [2.75, 3.05) is 6.61 Å². The second kappa shape index (κ2) is 3.74. The fourth-order valence-corrected chi connectivity index (χ4v) is 0.745. The average Bonchev–Trinajstić information content (AvgIpc) is 2.03. The second-order valence-electron chi connectivity index (χ2n) is 2.12. The molecule has 0 saturated carbocycles. The maximum atomic E-state index is 12.4. The van der Waals surface area contributed by atoms with Crippen LogP contribution in [0.5, 0.6) is 5.75 Å². The van der Waals surface area contributed by atoms with Crippen LogP contribution < -0.4 is 0 Å². The number of aromatic hydroxyl groups is 1. The van der Waals surface area contributed by atoms with Crippen molar-refractivity contribution in [1.29, 1.82) is 0 Å². The van der Waals surface area contributed by atoms with E-state index in [0.717, 1.165) is 6.07 Å². The Morgan fingerprint density at radius 1 is 1.42 bits per heavy atom. The van der Waals surface area contributed by atoms with Gasteiger partial charge in [-0.1, -0.05) is 11.8 Å². The lowest BCUT2D eigenvalue weighted by molar-refractivity contribution is 0.350. The fraction of sp³-hybridized carbons (Fsp3) is 0.111. The van der Waals surface area contributed by atoms with Crippen molar-refractivity contribution in [2.24, 2.45) is 0 Å². The number of benzene rings is 1. The van der Waals surface area contributed by atoms with Crippen LogP contribution in [-0.2, 0) is 0 Å². The lowest BCUT2D eigenvalue weighted by Crippen LogP contribution is -1.80. The van der Waals surface area contributed by atoms with Gasteiger partial charge in [0.25, 0.3) is 0 Å². The van der Waals surface area contributed by atoms with Crippen molar-refractivity contribution < 1.29 is 14.6 Å². The maximum Gasteiger partial charge on any atom is 0.134 e. The van der Waals surface area contributed by atoms with Crippen molar-refractivity contribution >= 4 is 0 Å². The summed E-state index contributed by atoms with van der Waals surface area (Å²) in [6.07, 6.45) is 0. The molecule has 0 heterocycles. The van der Waals surface area contributed by atoms with Crippen LogP contribution in [0, 0.1) is 17.7 Å². The third-order valence-corrected chi connectivity index (χ3v) is 1.26. The molecule has 0 spiro atoms. The summed E-state index contributed by atoms with van der Waals surface area (Å²) in [5, 5.41) is 17.4. The monoisotopic (exact) mass is 166 g/mol. The lowest BCUT2D eigenvalue weighted by Gasteiger charge is -1.94. The zero-order chi connectivity index (χ0) is 8.97. The summed E-state index contributed by atoms with van der Waals surface area (Å²) in [5.41, 5.74) is 0.311. The highest BCUT2D eigenvalue weighted by atomic mass is 19.1. The van der Waals surface area contributed by atoms with E-state index in [1.54, 1.807) is 0 Å². The second-order valence-corrected chi connectivity index (χ2v) is 2.12. The molecule has 0 aliphatic heterocycles. The van der Waals surface area contributed by atoms with Gasteiger partial charge in [0.15, 0.2) is 0 Å². The average molecular weight is 166 g/mol. The molecule has 1 rings (SSSR count). The van der Waals surface area contributed by atoms with Crippen molar-refractivity contribution in [1.82, 2.24) is 0 Å². The summed E-state index contributed by atoms with van der Waals surface area (Å²) in [6.45, 7) is -0.281. The first kappa shape index (κ1) is 8.57. The minimum Gasteiger partial charge on any atom is -0.507 e. The van der Waals surface area contributed by atoms with Crippen LogP contribution >= 0.6 is 0 Å². The molecule has 2 N–H and O–H groups in total. The molecule has 0 unspecified atom stereocenters. The van der Waals surface area contributed by atoms with E-state index in [2.05, 4.69) is 11.8 Å². The molecule has 12 heavy (non-hydrogen) atoms. The third kappa shape index (κ3) is 1.97. The van der Waals surface area contributed by atoms with E-state index in [1.165, 1.54) is 12.1 Å². The molecule has 0 fully saturated rings. The van der Waals surface area contributed by atoms with E-state index in [9.17, 15) is 4.39 Å². The first-order valence-electron chi connectivity index (χ1n) is 3.32. The molecule has 1 aromatic carbocycles. The third-order valence-electron chi connectivity index (χ3n) is 1.26. The van der Waals surface area contributed by atoms with E-state index < -0.39 is 5.82 Å². The van der Waals surface area contributed by atoms with Gasteiger partial charge in [-0.3, -0.25) is 0 Å². The van der Waals surface area contributed by atoms with Crippen molar-refractivity contribution in [3.05, 3.63) is 29.6 Å². The van der Waals surface area contributed by atoms with E-state index >= 15 is 0 Å². The van der Waals surface area contributed by atoms with Crippen LogP contribution in [-0.4, -0.2) is 16.8 Å². The highest BCUT2D eigenvalue weighted by Gasteiger charge is 1.97. The summed E-state index contributed by atoms with van der Waals surface area (Å²) in [5.74, 6) is 4.10. The molecule has 0 atom stereocenters. The van der Waals surface area contributed by atoms with Crippen molar-refractivity contribution in [3.63, 3.8) is 0 Å². The smallest absolute Gasteiger partial charge is 0.134 e. The molecule has 0 bridgehead atoms. The van der Waals surface area contributed by atoms with Crippen LogP contribution in [0.3, 0.4) is 0 Å². The number of rotatable bonds is 0. The van der Waals surface area contributed by atoms with Crippen molar-refractivity contribution in [3.8, 4) is 17.6 Å². The van der Waals surface area contributed by atoms with Crippen LogP contribution in [0.25, 0.3) is 0 Å². The van der Waals surface area contributed by atoms with Gasteiger partial charge in [-0.2, -0.15) is 0 Å². The Labute approximate surface area is 69.3 Å². The SMILES string of the molecule is OCC#Cc1ccc(F)cc1O. The summed E-state index contributed by atoms with van der Waals surface area (Å²) < 4.78 is 12.4. The Morgan fingerprint density at radius 3 is 2.75 bits per heavy atom. The maximum absolute atomic E-state index is 12.4. The number of aliphatic hydroxyl groups excluding tert-OH is 1. The zero-order valence-corrected chi connectivity index (χ0v) is 6.21. The Morgan fingerprint density at radius 2 is 2.17 bits per heavy atom. The first-order chi connectivity index (χ1) is 5.74. The Hall–Kier alpha value is -1.53. The molecular formula is C9H7FO2. The summed E-state index contributed by atoms with van der Waals surface area (Å²) in [6, 6.07) is 3.52. The molecule has 0 saturated heterocycles. The van der Waals surface area contributed by atoms with E-state index in [4.69, 9.17) is 10.2 Å². The molecule has 0 aliphatic rings. The Bertz CT molecular complexity index is 336. The van der Waals surface area contributed by atoms with Crippen LogP contribution in [0.15, 0.2) is 18.2 Å². The highest BCUT2D eigenvalue weighted by molar-refractivity contribution is 5.45. The minimum atomic E-state index is -0.512. The molecule has 2 nitrogen and oxygen atoms in total. The summed E-state index contributed by atoms with van der Waals surface area (Å²) in [7, 11) is 0. The summed E-state index contributed by atoms with van der Waals surface area (Å²) in [4.78, 5) is 0. The molecular weight excluding hydrogens is 159 g/mol. The van der Waals surface area contributed by atoms with Gasteiger partial charge in [-0.25, -0.2) is 4.39 Å². The van der Waals surface area contributed by atoms with Gasteiger partial charge in [0.05, 0.1) is 5.56 Å². The predicted molar refractivity (Wildman–Crippen MR) is 42.0 cm³/mol. The molecule has 3 heteroatoms. The van der Waals surface area contributed by atoms with Gasteiger partial charge in [-0.15, -0.1) is 0 Å². The van der Waals surface area contributed by atoms with Crippen LogP contribution in [0.2, 0.25) is 0 Å². The standard InChI is InChI=1S/C9H7FO2/c10-8-4-3-7(2-1-5-11)9(12)6-8/h3-4,6,11-12H,5H2. The first-order valence-corrected chi connectivity index (χ1v) is 3.32. The van der Waals surface area contributed by atoms with Gasteiger partial charge < -0.3 is 10.2 Å². The number of halogens is 1. The van der Waals surface area contributed by atoms with E-state index in [0.29, 0.717) is 5.56 Å². The number of phenols is 1. The normalized spacial score (nSPS) is 8.83. The van der Waals surface area contributed by atoms with Crippen LogP contribution in [0.4, 0.5) is 4.39 Å². The number of aliphatic hydroxyl groups is 1. The zero-order valence-electron chi connectivity index (χ0n) is 6.21. The van der Waals surface area contributed by atoms with E-state index in [1.807, 2.05) is 0 Å². The molecule has 0 amide bonds. The summed E-state index contributed by atoms with van der Waals surface area (Å²) >= 11 is 0. The Kier molecular flexibility index (Phi) is 2.67. The number of hydrogen-bond acceptors (Lipinski definition) is 2.